The molecule has 164 valence electrons. The van der Waals surface area contributed by atoms with Gasteiger partial charge in [0.25, 0.3) is 5.91 Å². The van der Waals surface area contributed by atoms with Gasteiger partial charge in [-0.3, -0.25) is 10.1 Å². The van der Waals surface area contributed by atoms with Crippen molar-refractivity contribution in [3.63, 3.8) is 0 Å². The number of rotatable bonds is 2. The second-order valence-electron chi connectivity index (χ2n) is 9.38. The highest BCUT2D eigenvalue weighted by Gasteiger charge is 2.56. The third-order valence-corrected chi connectivity index (χ3v) is 4.54. The van der Waals surface area contributed by atoms with Crippen LogP contribution in [0.1, 0.15) is 52.7 Å². The van der Waals surface area contributed by atoms with Crippen LogP contribution in [0.4, 0.5) is 15.3 Å². The summed E-state index contributed by atoms with van der Waals surface area (Å²) in [6.45, 7) is 10.4. The molecule has 1 atom stereocenters. The fourth-order valence-electron chi connectivity index (χ4n) is 3.48. The van der Waals surface area contributed by atoms with E-state index in [9.17, 15) is 14.4 Å². The summed E-state index contributed by atoms with van der Waals surface area (Å²) in [5, 5.41) is 2.76. The standard InChI is InChI=1S/C24H28N2O5/c1-22(2,3)30-20(28)25-24(16-12-8-7-9-13-16)17-14-10-11-15-18(17)26(19(24)27)21(29)31-23(4,5)6/h7-15H,1-6H3,(H,25,28)/t24-/m1/s1. The van der Waals surface area contributed by atoms with E-state index in [1.165, 1.54) is 0 Å². The van der Waals surface area contributed by atoms with Crippen molar-refractivity contribution in [1.82, 2.24) is 5.32 Å². The maximum Gasteiger partial charge on any atom is 0.421 e. The van der Waals surface area contributed by atoms with Crippen molar-refractivity contribution in [3.8, 4) is 0 Å². The Bertz CT molecular complexity index is 1000. The van der Waals surface area contributed by atoms with Gasteiger partial charge in [0.1, 0.15) is 11.2 Å². The molecule has 1 N–H and O–H groups in total. The van der Waals surface area contributed by atoms with Gasteiger partial charge in [-0.05, 0) is 53.2 Å². The van der Waals surface area contributed by atoms with Crippen LogP contribution in [-0.4, -0.2) is 29.3 Å². The Morgan fingerprint density at radius 3 is 1.97 bits per heavy atom. The molecule has 2 aromatic carbocycles. The lowest BCUT2D eigenvalue weighted by molar-refractivity contribution is -0.122. The Labute approximate surface area is 182 Å². The molecule has 0 saturated carbocycles. The highest BCUT2D eigenvalue weighted by molar-refractivity contribution is 6.23. The Morgan fingerprint density at radius 1 is 0.839 bits per heavy atom. The van der Waals surface area contributed by atoms with E-state index < -0.39 is 34.8 Å². The van der Waals surface area contributed by atoms with Crippen LogP contribution < -0.4 is 10.2 Å². The minimum atomic E-state index is -1.64. The summed E-state index contributed by atoms with van der Waals surface area (Å²) < 4.78 is 10.9. The Morgan fingerprint density at radius 2 is 1.39 bits per heavy atom. The van der Waals surface area contributed by atoms with Gasteiger partial charge in [0.2, 0.25) is 0 Å². The third kappa shape index (κ3) is 4.40. The zero-order valence-electron chi connectivity index (χ0n) is 18.7. The van der Waals surface area contributed by atoms with Gasteiger partial charge in [0.05, 0.1) is 5.69 Å². The molecule has 1 aliphatic rings. The fraction of sp³-hybridized carbons (Fsp3) is 0.375. The van der Waals surface area contributed by atoms with Crippen molar-refractivity contribution in [3.05, 3.63) is 65.7 Å². The van der Waals surface area contributed by atoms with Crippen LogP contribution >= 0.6 is 0 Å². The molecule has 3 amide bonds. The maximum atomic E-state index is 13.9. The molecule has 3 rings (SSSR count). The summed E-state index contributed by atoms with van der Waals surface area (Å²) in [4.78, 5) is 40.7. The van der Waals surface area contributed by atoms with Crippen molar-refractivity contribution in [1.29, 1.82) is 0 Å². The predicted molar refractivity (Wildman–Crippen MR) is 117 cm³/mol. The number of ether oxygens (including phenoxy) is 2. The number of anilines is 1. The molecule has 0 spiro atoms. The van der Waals surface area contributed by atoms with Crippen molar-refractivity contribution >= 4 is 23.8 Å². The minimum Gasteiger partial charge on any atom is -0.444 e. The number of imide groups is 1. The first-order valence-corrected chi connectivity index (χ1v) is 10.1. The number of hydrogen-bond acceptors (Lipinski definition) is 5. The number of para-hydroxylation sites is 1. The molecule has 1 heterocycles. The number of alkyl carbamates (subject to hydrolysis) is 1. The minimum absolute atomic E-state index is 0.349. The largest absolute Gasteiger partial charge is 0.444 e. The van der Waals surface area contributed by atoms with Crippen molar-refractivity contribution < 1.29 is 23.9 Å². The SMILES string of the molecule is CC(C)(C)OC(=O)N[C@@]1(c2ccccc2)C(=O)N(C(=O)OC(C)(C)C)c2ccccc21. The molecule has 1 aliphatic heterocycles. The average Bonchev–Trinajstić information content (AvgIpc) is 2.89. The number of carbonyl (C=O) groups excluding carboxylic acids is 3. The van der Waals surface area contributed by atoms with Crippen LogP contribution in [0.15, 0.2) is 54.6 Å². The number of amides is 3. The molecular formula is C24H28N2O5. The highest BCUT2D eigenvalue weighted by Crippen LogP contribution is 2.45. The average molecular weight is 424 g/mol. The number of benzene rings is 2. The smallest absolute Gasteiger partial charge is 0.421 e. The second-order valence-corrected chi connectivity index (χ2v) is 9.38. The van der Waals surface area contributed by atoms with Gasteiger partial charge in [-0.25, -0.2) is 14.5 Å². The van der Waals surface area contributed by atoms with Gasteiger partial charge in [-0.2, -0.15) is 0 Å². The van der Waals surface area contributed by atoms with Gasteiger partial charge in [-0.1, -0.05) is 48.5 Å². The molecule has 0 saturated heterocycles. The first-order chi connectivity index (χ1) is 14.3. The topological polar surface area (TPSA) is 84.9 Å². The summed E-state index contributed by atoms with van der Waals surface area (Å²) in [5.74, 6) is -0.639. The number of nitrogens with zero attached hydrogens (tertiary/aromatic N) is 1. The molecule has 0 radical (unpaired) electrons. The van der Waals surface area contributed by atoms with Crippen molar-refractivity contribution in [2.45, 2.75) is 58.3 Å². The predicted octanol–water partition coefficient (Wildman–Crippen LogP) is 4.74. The van der Waals surface area contributed by atoms with E-state index in [-0.39, 0.29) is 0 Å². The highest BCUT2D eigenvalue weighted by atomic mass is 16.6. The molecule has 7 nitrogen and oxygen atoms in total. The first-order valence-electron chi connectivity index (χ1n) is 10.1. The molecule has 0 bridgehead atoms. The normalized spacial score (nSPS) is 18.4. The van der Waals surface area contributed by atoms with Crippen molar-refractivity contribution in [2.24, 2.45) is 0 Å². The molecule has 0 aromatic heterocycles. The third-order valence-electron chi connectivity index (χ3n) is 4.54. The van der Waals surface area contributed by atoms with Gasteiger partial charge in [0, 0.05) is 5.56 Å². The van der Waals surface area contributed by atoms with Gasteiger partial charge >= 0.3 is 12.2 Å². The number of fused-ring (bicyclic) bond motifs is 1. The van der Waals surface area contributed by atoms with Crippen LogP contribution in [0.25, 0.3) is 0 Å². The quantitative estimate of drug-likeness (QED) is 0.753. The van der Waals surface area contributed by atoms with Gasteiger partial charge < -0.3 is 9.47 Å². The second kappa shape index (κ2) is 7.72. The van der Waals surface area contributed by atoms with Gasteiger partial charge in [0.15, 0.2) is 5.54 Å². The zero-order valence-corrected chi connectivity index (χ0v) is 18.7. The lowest BCUT2D eigenvalue weighted by Gasteiger charge is -2.31. The molecule has 0 aliphatic carbocycles. The van der Waals surface area contributed by atoms with Crippen LogP contribution in [0.2, 0.25) is 0 Å². The number of hydrogen-bond donors (Lipinski definition) is 1. The van der Waals surface area contributed by atoms with Crippen LogP contribution in [-0.2, 0) is 19.8 Å². The van der Waals surface area contributed by atoms with Crippen LogP contribution in [0.5, 0.6) is 0 Å². The lowest BCUT2D eigenvalue weighted by Crippen LogP contribution is -2.56. The Kier molecular flexibility index (Phi) is 5.56. The molecule has 0 fully saturated rings. The van der Waals surface area contributed by atoms with Gasteiger partial charge in [-0.15, -0.1) is 0 Å². The van der Waals surface area contributed by atoms with E-state index in [1.807, 2.05) is 6.07 Å². The lowest BCUT2D eigenvalue weighted by atomic mass is 9.84. The monoisotopic (exact) mass is 424 g/mol. The first kappa shape index (κ1) is 22.3. The Balaban J connectivity index is 2.18. The zero-order chi connectivity index (χ0) is 23.0. The molecular weight excluding hydrogens is 396 g/mol. The fourth-order valence-corrected chi connectivity index (χ4v) is 3.48. The number of carbonyl (C=O) groups is 3. The van der Waals surface area contributed by atoms with E-state index in [1.54, 1.807) is 90.1 Å². The van der Waals surface area contributed by atoms with E-state index in [2.05, 4.69) is 5.32 Å². The van der Waals surface area contributed by atoms with Crippen molar-refractivity contribution in [2.75, 3.05) is 4.90 Å². The summed E-state index contributed by atoms with van der Waals surface area (Å²) in [6, 6.07) is 15.6. The summed E-state index contributed by atoms with van der Waals surface area (Å²) in [7, 11) is 0. The molecule has 2 aromatic rings. The molecule has 0 unspecified atom stereocenters. The van der Waals surface area contributed by atoms with E-state index in [0.717, 1.165) is 4.90 Å². The molecule has 31 heavy (non-hydrogen) atoms. The molecule has 7 heteroatoms. The summed E-state index contributed by atoms with van der Waals surface area (Å²) >= 11 is 0. The summed E-state index contributed by atoms with van der Waals surface area (Å²) in [5.41, 5.74) is -1.90. The van der Waals surface area contributed by atoms with E-state index in [0.29, 0.717) is 16.8 Å². The van der Waals surface area contributed by atoms with Crippen LogP contribution in [0, 0.1) is 0 Å². The summed E-state index contributed by atoms with van der Waals surface area (Å²) in [6.07, 6.45) is -1.58. The van der Waals surface area contributed by atoms with E-state index >= 15 is 0 Å². The number of nitrogens with one attached hydrogen (secondary N) is 1. The van der Waals surface area contributed by atoms with Crippen LogP contribution in [0.3, 0.4) is 0 Å². The maximum absolute atomic E-state index is 13.9. The van der Waals surface area contributed by atoms with E-state index in [4.69, 9.17) is 9.47 Å². The Hall–Kier alpha value is -3.35.